The minimum atomic E-state index is -0.265. The third-order valence-corrected chi connectivity index (χ3v) is 4.33. The number of hydrogen-bond acceptors (Lipinski definition) is 6. The van der Waals surface area contributed by atoms with Gasteiger partial charge in [-0.3, -0.25) is 0 Å². The van der Waals surface area contributed by atoms with Crippen molar-refractivity contribution in [1.82, 2.24) is 25.5 Å². The number of amides is 2. The number of hydrogen-bond donors (Lipinski definition) is 2. The Labute approximate surface area is 154 Å². The minimum absolute atomic E-state index is 0.265. The molecule has 134 valence electrons. The van der Waals surface area contributed by atoms with E-state index in [1.54, 1.807) is 36.1 Å². The third kappa shape index (κ3) is 4.73. The lowest BCUT2D eigenvalue weighted by Gasteiger charge is -2.08. The highest BCUT2D eigenvalue weighted by Crippen LogP contribution is 2.17. The Balaban J connectivity index is 1.44. The van der Waals surface area contributed by atoms with Crippen LogP contribution in [0.3, 0.4) is 0 Å². The van der Waals surface area contributed by atoms with Crippen LogP contribution in [0.5, 0.6) is 5.75 Å². The van der Waals surface area contributed by atoms with Gasteiger partial charge in [0, 0.05) is 18.0 Å². The molecule has 2 amide bonds. The van der Waals surface area contributed by atoms with Gasteiger partial charge < -0.3 is 15.4 Å². The molecule has 2 aromatic carbocycles. The summed E-state index contributed by atoms with van der Waals surface area (Å²) in [6.07, 6.45) is 0. The van der Waals surface area contributed by atoms with Crippen molar-refractivity contribution in [2.45, 2.75) is 5.16 Å². The van der Waals surface area contributed by atoms with Crippen molar-refractivity contribution in [3.05, 3.63) is 54.6 Å². The maximum atomic E-state index is 11.9. The van der Waals surface area contributed by atoms with Crippen molar-refractivity contribution in [3.8, 4) is 11.4 Å². The van der Waals surface area contributed by atoms with Crippen molar-refractivity contribution in [3.63, 3.8) is 0 Å². The lowest BCUT2D eigenvalue weighted by Crippen LogP contribution is -2.30. The monoisotopic (exact) mass is 370 g/mol. The first-order chi connectivity index (χ1) is 12.8. The van der Waals surface area contributed by atoms with E-state index in [0.717, 1.165) is 11.4 Å². The van der Waals surface area contributed by atoms with E-state index in [9.17, 15) is 4.79 Å². The molecule has 0 atom stereocenters. The summed E-state index contributed by atoms with van der Waals surface area (Å²) < 4.78 is 6.75. The van der Waals surface area contributed by atoms with Crippen LogP contribution in [0.1, 0.15) is 0 Å². The van der Waals surface area contributed by atoms with Gasteiger partial charge in [-0.15, -0.1) is 5.10 Å². The second-order valence-corrected chi connectivity index (χ2v) is 6.23. The third-order valence-electron chi connectivity index (χ3n) is 3.41. The molecule has 0 radical (unpaired) electrons. The van der Waals surface area contributed by atoms with Crippen molar-refractivity contribution in [2.24, 2.45) is 0 Å². The summed E-state index contributed by atoms with van der Waals surface area (Å²) in [5.74, 6) is 1.38. The predicted molar refractivity (Wildman–Crippen MR) is 99.9 cm³/mol. The van der Waals surface area contributed by atoms with Crippen LogP contribution in [0.2, 0.25) is 0 Å². The molecule has 1 heterocycles. The minimum Gasteiger partial charge on any atom is -0.497 e. The first-order valence-corrected chi connectivity index (χ1v) is 8.90. The summed E-state index contributed by atoms with van der Waals surface area (Å²) in [7, 11) is 1.60. The zero-order valence-corrected chi connectivity index (χ0v) is 14.9. The molecule has 0 unspecified atom stereocenters. The average molecular weight is 370 g/mol. The summed E-state index contributed by atoms with van der Waals surface area (Å²) in [5, 5.41) is 18.0. The van der Waals surface area contributed by atoms with Gasteiger partial charge in [0.25, 0.3) is 0 Å². The average Bonchev–Trinajstić information content (AvgIpc) is 3.15. The molecule has 0 aliphatic carbocycles. The molecular formula is C17H18N6O2S. The Kier molecular flexibility index (Phi) is 6.05. The number of ether oxygens (including phenoxy) is 1. The molecule has 26 heavy (non-hydrogen) atoms. The van der Waals surface area contributed by atoms with E-state index in [0.29, 0.717) is 23.1 Å². The number of carbonyl (C=O) groups excluding carboxylic acids is 1. The Morgan fingerprint density at radius 2 is 1.92 bits per heavy atom. The molecule has 2 N–H and O–H groups in total. The van der Waals surface area contributed by atoms with Crippen molar-refractivity contribution in [1.29, 1.82) is 0 Å². The van der Waals surface area contributed by atoms with Crippen LogP contribution in [-0.4, -0.2) is 45.6 Å². The van der Waals surface area contributed by atoms with Gasteiger partial charge in [0.2, 0.25) is 5.16 Å². The maximum absolute atomic E-state index is 11.9. The highest BCUT2D eigenvalue weighted by Gasteiger charge is 2.08. The Hall–Kier alpha value is -3.07. The molecule has 9 heteroatoms. The van der Waals surface area contributed by atoms with Gasteiger partial charge in [-0.2, -0.15) is 4.68 Å². The predicted octanol–water partition coefficient (Wildman–Crippen LogP) is 2.58. The largest absolute Gasteiger partial charge is 0.497 e. The first-order valence-electron chi connectivity index (χ1n) is 7.92. The summed E-state index contributed by atoms with van der Waals surface area (Å²) in [5.41, 5.74) is 1.59. The number of carbonyl (C=O) groups is 1. The molecule has 0 spiro atoms. The lowest BCUT2D eigenvalue weighted by molar-refractivity contribution is 0.252. The van der Waals surface area contributed by atoms with Crippen LogP contribution in [0.15, 0.2) is 59.8 Å². The molecule has 3 rings (SSSR count). The fourth-order valence-corrected chi connectivity index (χ4v) is 2.90. The van der Waals surface area contributed by atoms with Crippen molar-refractivity contribution in [2.75, 3.05) is 24.7 Å². The summed E-state index contributed by atoms with van der Waals surface area (Å²) in [6.45, 7) is 0.480. The molecular weight excluding hydrogens is 352 g/mol. The van der Waals surface area contributed by atoms with Gasteiger partial charge in [0.1, 0.15) is 5.75 Å². The molecule has 0 bridgehead atoms. The molecule has 0 saturated heterocycles. The molecule has 8 nitrogen and oxygen atoms in total. The number of methoxy groups -OCH3 is 1. The summed E-state index contributed by atoms with van der Waals surface area (Å²) in [6, 6.07) is 16.5. The quantitative estimate of drug-likeness (QED) is 0.490. The van der Waals surface area contributed by atoms with Crippen LogP contribution in [-0.2, 0) is 0 Å². The topological polar surface area (TPSA) is 94.0 Å². The Bertz CT molecular complexity index is 838. The first kappa shape index (κ1) is 17.7. The van der Waals surface area contributed by atoms with E-state index in [4.69, 9.17) is 4.74 Å². The number of thioether (sulfide) groups is 1. The number of anilines is 1. The van der Waals surface area contributed by atoms with Gasteiger partial charge in [0.15, 0.2) is 0 Å². The second-order valence-electron chi connectivity index (χ2n) is 5.17. The molecule has 0 fully saturated rings. The van der Waals surface area contributed by atoms with Crippen molar-refractivity contribution >= 4 is 23.5 Å². The molecule has 0 aliphatic heterocycles. The zero-order chi connectivity index (χ0) is 18.2. The number of rotatable bonds is 7. The van der Waals surface area contributed by atoms with E-state index in [1.807, 2.05) is 30.3 Å². The lowest BCUT2D eigenvalue weighted by atomic mass is 10.3. The number of nitrogens with one attached hydrogen (secondary N) is 2. The van der Waals surface area contributed by atoms with Gasteiger partial charge in [-0.05, 0) is 46.8 Å². The molecule has 3 aromatic rings. The smallest absolute Gasteiger partial charge is 0.319 e. The number of tetrazole rings is 1. The number of urea groups is 1. The fraction of sp³-hybridized carbons (Fsp3) is 0.176. The zero-order valence-electron chi connectivity index (χ0n) is 14.1. The molecule has 0 saturated carbocycles. The van der Waals surface area contributed by atoms with E-state index in [2.05, 4.69) is 26.2 Å². The van der Waals surface area contributed by atoms with E-state index < -0.39 is 0 Å². The Morgan fingerprint density at radius 1 is 1.15 bits per heavy atom. The fourth-order valence-electron chi connectivity index (χ4n) is 2.16. The number of aromatic nitrogens is 4. The molecule has 0 aliphatic rings. The van der Waals surface area contributed by atoms with Gasteiger partial charge >= 0.3 is 6.03 Å². The number of benzene rings is 2. The Morgan fingerprint density at radius 3 is 2.65 bits per heavy atom. The number of nitrogens with zero attached hydrogens (tertiary/aromatic N) is 4. The van der Waals surface area contributed by atoms with E-state index >= 15 is 0 Å². The van der Waals surface area contributed by atoms with Crippen LogP contribution >= 0.6 is 11.8 Å². The molecule has 1 aromatic heterocycles. The van der Waals surface area contributed by atoms with Crippen LogP contribution < -0.4 is 15.4 Å². The van der Waals surface area contributed by atoms with E-state index in [1.165, 1.54) is 11.8 Å². The normalized spacial score (nSPS) is 10.3. The summed E-state index contributed by atoms with van der Waals surface area (Å²) >= 11 is 1.47. The van der Waals surface area contributed by atoms with Gasteiger partial charge in [0.05, 0.1) is 12.8 Å². The standard InChI is InChI=1S/C17H18N6O2S/c1-25-15-9-7-13(8-10-15)19-16(24)18-11-12-26-17-20-21-22-23(17)14-5-3-2-4-6-14/h2-10H,11-12H2,1H3,(H2,18,19,24). The van der Waals surface area contributed by atoms with Crippen LogP contribution in [0.4, 0.5) is 10.5 Å². The van der Waals surface area contributed by atoms with Crippen LogP contribution in [0, 0.1) is 0 Å². The van der Waals surface area contributed by atoms with Crippen LogP contribution in [0.25, 0.3) is 5.69 Å². The second kappa shape index (κ2) is 8.86. The summed E-state index contributed by atoms with van der Waals surface area (Å²) in [4.78, 5) is 11.9. The highest BCUT2D eigenvalue weighted by molar-refractivity contribution is 7.99. The maximum Gasteiger partial charge on any atom is 0.319 e. The van der Waals surface area contributed by atoms with Gasteiger partial charge in [-0.25, -0.2) is 4.79 Å². The van der Waals surface area contributed by atoms with E-state index in [-0.39, 0.29) is 6.03 Å². The highest BCUT2D eigenvalue weighted by atomic mass is 32.2. The van der Waals surface area contributed by atoms with Crippen molar-refractivity contribution < 1.29 is 9.53 Å². The van der Waals surface area contributed by atoms with Gasteiger partial charge in [-0.1, -0.05) is 30.0 Å². The number of para-hydroxylation sites is 1. The SMILES string of the molecule is COc1ccc(NC(=O)NCCSc2nnnn2-c2ccccc2)cc1.